The Bertz CT molecular complexity index is 871. The van der Waals surface area contributed by atoms with Crippen LogP contribution in [0.5, 0.6) is 0 Å². The van der Waals surface area contributed by atoms with Gasteiger partial charge in [0, 0.05) is 40.0 Å². The van der Waals surface area contributed by atoms with Crippen LogP contribution in [-0.2, 0) is 0 Å². The van der Waals surface area contributed by atoms with Crippen LogP contribution < -0.4 is 5.73 Å². The summed E-state index contributed by atoms with van der Waals surface area (Å²) in [6, 6.07) is 5.40. The molecule has 0 aliphatic carbocycles. The number of halogens is 3. The predicted molar refractivity (Wildman–Crippen MR) is 72.5 cm³/mol. The second-order valence-electron chi connectivity index (χ2n) is 4.57. The molecule has 0 saturated carbocycles. The number of aromatic nitrogens is 1. The Morgan fingerprint density at radius 1 is 1.00 bits per heavy atom. The van der Waals surface area contributed by atoms with Gasteiger partial charge in [0.2, 0.25) is 0 Å². The molecule has 0 saturated heterocycles. The molecule has 0 radical (unpaired) electrons. The number of rotatable bonds is 2. The molecule has 0 unspecified atom stereocenters. The van der Waals surface area contributed by atoms with E-state index >= 15 is 0 Å². The average molecular weight is 290 g/mol. The Morgan fingerprint density at radius 3 is 2.48 bits per heavy atom. The van der Waals surface area contributed by atoms with E-state index in [4.69, 9.17) is 5.73 Å². The molecule has 6 heteroatoms. The third-order valence-corrected chi connectivity index (χ3v) is 3.23. The molecule has 0 spiro atoms. The van der Waals surface area contributed by atoms with Crippen molar-refractivity contribution in [3.8, 4) is 0 Å². The van der Waals surface area contributed by atoms with Gasteiger partial charge in [-0.15, -0.1) is 0 Å². The maximum atomic E-state index is 13.3. The fourth-order valence-corrected chi connectivity index (χ4v) is 2.19. The molecule has 0 aliphatic heterocycles. The lowest BCUT2D eigenvalue weighted by atomic mass is 10.0. The van der Waals surface area contributed by atoms with Gasteiger partial charge in [-0.25, -0.2) is 13.2 Å². The second-order valence-corrected chi connectivity index (χ2v) is 4.57. The quantitative estimate of drug-likeness (QED) is 0.561. The molecule has 3 aromatic rings. The summed E-state index contributed by atoms with van der Waals surface area (Å²) >= 11 is 0. The standard InChI is InChI=1S/C15H9F3N2O/c16-7-1-2-8-10(6-20-14(8)3-7)15(21)9-4-11(17)12(18)5-13(9)19/h1-6,20H,19H2. The van der Waals surface area contributed by atoms with Gasteiger partial charge in [-0.2, -0.15) is 0 Å². The molecule has 0 amide bonds. The van der Waals surface area contributed by atoms with Crippen LogP contribution >= 0.6 is 0 Å². The summed E-state index contributed by atoms with van der Waals surface area (Å²) < 4.78 is 39.5. The number of H-pyrrole nitrogens is 1. The van der Waals surface area contributed by atoms with Gasteiger partial charge < -0.3 is 10.7 Å². The van der Waals surface area contributed by atoms with Gasteiger partial charge in [0.05, 0.1) is 0 Å². The van der Waals surface area contributed by atoms with Crippen molar-refractivity contribution in [3.05, 3.63) is 65.1 Å². The summed E-state index contributed by atoms with van der Waals surface area (Å²) in [5.74, 6) is -3.29. The monoisotopic (exact) mass is 290 g/mol. The van der Waals surface area contributed by atoms with Gasteiger partial charge in [0.25, 0.3) is 0 Å². The number of hydrogen-bond acceptors (Lipinski definition) is 2. The molecule has 0 atom stereocenters. The number of carbonyl (C=O) groups excluding carboxylic acids is 1. The van der Waals surface area contributed by atoms with Crippen molar-refractivity contribution < 1.29 is 18.0 Å². The highest BCUT2D eigenvalue weighted by Crippen LogP contribution is 2.25. The highest BCUT2D eigenvalue weighted by Gasteiger charge is 2.19. The van der Waals surface area contributed by atoms with Crippen molar-refractivity contribution in [1.29, 1.82) is 0 Å². The van der Waals surface area contributed by atoms with Gasteiger partial charge in [-0.05, 0) is 24.3 Å². The average Bonchev–Trinajstić information content (AvgIpc) is 2.85. The topological polar surface area (TPSA) is 58.9 Å². The van der Waals surface area contributed by atoms with Gasteiger partial charge in [0.15, 0.2) is 17.4 Å². The number of nitrogen functional groups attached to an aromatic ring is 1. The first-order valence-electron chi connectivity index (χ1n) is 6.03. The van der Waals surface area contributed by atoms with E-state index in [2.05, 4.69) is 4.98 Å². The third kappa shape index (κ3) is 2.14. The summed E-state index contributed by atoms with van der Waals surface area (Å²) in [7, 11) is 0. The van der Waals surface area contributed by atoms with Crippen LogP contribution in [0.15, 0.2) is 36.5 Å². The maximum absolute atomic E-state index is 13.3. The number of nitrogens with two attached hydrogens (primary N) is 1. The predicted octanol–water partition coefficient (Wildman–Crippen LogP) is 3.40. The number of fused-ring (bicyclic) bond motifs is 1. The number of hydrogen-bond donors (Lipinski definition) is 2. The molecule has 106 valence electrons. The zero-order chi connectivity index (χ0) is 15.1. The zero-order valence-corrected chi connectivity index (χ0v) is 10.6. The summed E-state index contributed by atoms with van der Waals surface area (Å²) in [6.45, 7) is 0. The minimum atomic E-state index is -1.15. The summed E-state index contributed by atoms with van der Waals surface area (Å²) in [4.78, 5) is 15.2. The van der Waals surface area contributed by atoms with E-state index < -0.39 is 23.2 Å². The van der Waals surface area contributed by atoms with E-state index in [1.165, 1.54) is 24.4 Å². The number of ketones is 1. The van der Waals surface area contributed by atoms with Gasteiger partial charge in [-0.1, -0.05) is 0 Å². The van der Waals surface area contributed by atoms with Crippen LogP contribution in [0.4, 0.5) is 18.9 Å². The fourth-order valence-electron chi connectivity index (χ4n) is 2.19. The minimum Gasteiger partial charge on any atom is -0.398 e. The molecule has 3 rings (SSSR count). The number of anilines is 1. The van der Waals surface area contributed by atoms with Crippen molar-refractivity contribution >= 4 is 22.4 Å². The number of carbonyl (C=O) groups is 1. The molecule has 3 N–H and O–H groups in total. The molecule has 0 aliphatic rings. The Morgan fingerprint density at radius 2 is 1.71 bits per heavy atom. The summed E-state index contributed by atoms with van der Waals surface area (Å²) in [6.07, 6.45) is 1.38. The first-order valence-corrected chi connectivity index (χ1v) is 6.03. The molecular formula is C15H9F3N2O. The van der Waals surface area contributed by atoms with E-state index in [0.29, 0.717) is 10.9 Å². The molecule has 3 nitrogen and oxygen atoms in total. The van der Waals surface area contributed by atoms with Crippen LogP contribution in [0.2, 0.25) is 0 Å². The molecule has 21 heavy (non-hydrogen) atoms. The Hall–Kier alpha value is -2.76. The summed E-state index contributed by atoms with van der Waals surface area (Å²) in [5.41, 5.74) is 5.91. The SMILES string of the molecule is Nc1cc(F)c(F)cc1C(=O)c1c[nH]c2cc(F)ccc12. The van der Waals surface area contributed by atoms with E-state index in [1.54, 1.807) is 0 Å². The molecule has 0 bridgehead atoms. The Balaban J connectivity index is 2.15. The van der Waals surface area contributed by atoms with E-state index in [-0.39, 0.29) is 16.8 Å². The normalized spacial score (nSPS) is 11.0. The summed E-state index contributed by atoms with van der Waals surface area (Å²) in [5, 5.41) is 0.477. The largest absolute Gasteiger partial charge is 0.398 e. The first-order chi connectivity index (χ1) is 9.97. The van der Waals surface area contributed by atoms with Crippen LogP contribution in [0, 0.1) is 17.5 Å². The molecule has 1 heterocycles. The first kappa shape index (κ1) is 13.2. The second kappa shape index (κ2) is 4.66. The fraction of sp³-hybridized carbons (Fsp3) is 0. The van der Waals surface area contributed by atoms with Crippen molar-refractivity contribution in [2.24, 2.45) is 0 Å². The molecule has 1 aromatic heterocycles. The molecular weight excluding hydrogens is 281 g/mol. The van der Waals surface area contributed by atoms with Gasteiger partial charge >= 0.3 is 0 Å². The van der Waals surface area contributed by atoms with Crippen LogP contribution in [0.25, 0.3) is 10.9 Å². The van der Waals surface area contributed by atoms with Crippen molar-refractivity contribution in [3.63, 3.8) is 0 Å². The smallest absolute Gasteiger partial charge is 0.197 e. The maximum Gasteiger partial charge on any atom is 0.197 e. The third-order valence-electron chi connectivity index (χ3n) is 3.23. The highest BCUT2D eigenvalue weighted by molar-refractivity contribution is 6.18. The minimum absolute atomic E-state index is 0.140. The van der Waals surface area contributed by atoms with Crippen molar-refractivity contribution in [2.45, 2.75) is 0 Å². The number of benzene rings is 2. The highest BCUT2D eigenvalue weighted by atomic mass is 19.2. The Labute approximate surface area is 117 Å². The van der Waals surface area contributed by atoms with Crippen molar-refractivity contribution in [2.75, 3.05) is 5.73 Å². The van der Waals surface area contributed by atoms with E-state index in [1.807, 2.05) is 0 Å². The van der Waals surface area contributed by atoms with Crippen LogP contribution in [0.1, 0.15) is 15.9 Å². The lowest BCUT2D eigenvalue weighted by molar-refractivity contribution is 0.104. The van der Waals surface area contributed by atoms with Crippen LogP contribution in [-0.4, -0.2) is 10.8 Å². The number of aromatic amines is 1. The zero-order valence-electron chi connectivity index (χ0n) is 10.6. The lowest BCUT2D eigenvalue weighted by Crippen LogP contribution is -2.06. The van der Waals surface area contributed by atoms with Gasteiger partial charge in [-0.3, -0.25) is 4.79 Å². The molecule has 2 aromatic carbocycles. The Kier molecular flexibility index (Phi) is 2.94. The van der Waals surface area contributed by atoms with Crippen LogP contribution in [0.3, 0.4) is 0 Å². The van der Waals surface area contributed by atoms with Gasteiger partial charge in [0.1, 0.15) is 5.82 Å². The van der Waals surface area contributed by atoms with Crippen molar-refractivity contribution in [1.82, 2.24) is 4.98 Å². The van der Waals surface area contributed by atoms with E-state index in [0.717, 1.165) is 12.1 Å². The lowest BCUT2D eigenvalue weighted by Gasteiger charge is -2.05. The molecule has 0 fully saturated rings. The number of nitrogens with one attached hydrogen (secondary N) is 1. The van der Waals surface area contributed by atoms with E-state index in [9.17, 15) is 18.0 Å².